The molecular formula is C20H24ClN3O3S2. The van der Waals surface area contributed by atoms with Gasteiger partial charge in [0.05, 0.1) is 17.6 Å². The van der Waals surface area contributed by atoms with Crippen molar-refractivity contribution in [3.63, 3.8) is 0 Å². The number of esters is 1. The van der Waals surface area contributed by atoms with E-state index in [0.717, 1.165) is 5.56 Å². The van der Waals surface area contributed by atoms with Crippen LogP contribution in [0.25, 0.3) is 0 Å². The maximum absolute atomic E-state index is 12.8. The Labute approximate surface area is 185 Å². The number of methoxy groups -OCH3 is 1. The average molecular weight is 454 g/mol. The Bertz CT molecular complexity index is 893. The van der Waals surface area contributed by atoms with Crippen LogP contribution < -0.4 is 10.6 Å². The molecule has 2 rings (SSSR count). The molecule has 0 unspecified atom stereocenters. The number of carbonyl (C=O) groups excluding carboxylic acids is 2. The molecule has 0 fully saturated rings. The minimum absolute atomic E-state index is 0.115. The second-order valence-electron chi connectivity index (χ2n) is 6.16. The Morgan fingerprint density at radius 1 is 1.21 bits per heavy atom. The zero-order valence-electron chi connectivity index (χ0n) is 16.8. The van der Waals surface area contributed by atoms with Gasteiger partial charge in [0, 0.05) is 24.7 Å². The summed E-state index contributed by atoms with van der Waals surface area (Å²) in [6, 6.07) is 7.40. The fourth-order valence-corrected chi connectivity index (χ4v) is 4.27. The first-order valence-electron chi connectivity index (χ1n) is 9.12. The van der Waals surface area contributed by atoms with Gasteiger partial charge in [0.2, 0.25) is 0 Å². The van der Waals surface area contributed by atoms with Crippen molar-refractivity contribution < 1.29 is 14.3 Å². The molecule has 0 aliphatic rings. The van der Waals surface area contributed by atoms with Crippen LogP contribution in [0.3, 0.4) is 0 Å². The molecule has 0 bridgehead atoms. The van der Waals surface area contributed by atoms with Crippen molar-refractivity contribution >= 4 is 57.1 Å². The van der Waals surface area contributed by atoms with E-state index in [0.29, 0.717) is 50.8 Å². The van der Waals surface area contributed by atoms with Gasteiger partial charge in [-0.05, 0) is 56.2 Å². The summed E-state index contributed by atoms with van der Waals surface area (Å²) in [5.74, 6) is -0.629. The highest BCUT2D eigenvalue weighted by Crippen LogP contribution is 2.34. The van der Waals surface area contributed by atoms with E-state index < -0.39 is 5.97 Å². The third kappa shape index (κ3) is 5.68. The number of benzene rings is 1. The molecule has 0 saturated carbocycles. The van der Waals surface area contributed by atoms with Crippen LogP contribution in [0.2, 0.25) is 5.02 Å². The molecule has 1 aromatic carbocycles. The van der Waals surface area contributed by atoms with Crippen molar-refractivity contribution in [2.75, 3.05) is 25.5 Å². The van der Waals surface area contributed by atoms with Crippen LogP contribution in [0.15, 0.2) is 24.3 Å². The van der Waals surface area contributed by atoms with Gasteiger partial charge in [0.15, 0.2) is 5.11 Å². The van der Waals surface area contributed by atoms with Gasteiger partial charge in [-0.3, -0.25) is 4.79 Å². The Morgan fingerprint density at radius 3 is 2.38 bits per heavy atom. The monoisotopic (exact) mass is 453 g/mol. The molecule has 0 atom stereocenters. The number of ether oxygens (including phenoxy) is 1. The molecule has 0 aliphatic carbocycles. The zero-order chi connectivity index (χ0) is 21.6. The molecule has 0 radical (unpaired) electrons. The summed E-state index contributed by atoms with van der Waals surface area (Å²) in [6.07, 6.45) is 0. The highest BCUT2D eigenvalue weighted by Gasteiger charge is 2.27. The first kappa shape index (κ1) is 23.1. The Balaban J connectivity index is 2.22. The van der Waals surface area contributed by atoms with Gasteiger partial charge in [0.25, 0.3) is 5.91 Å². The number of hydrogen-bond acceptors (Lipinski definition) is 5. The molecule has 2 aromatic rings. The molecule has 2 N–H and O–H groups in total. The average Bonchev–Trinajstić information content (AvgIpc) is 3.03. The highest BCUT2D eigenvalue weighted by molar-refractivity contribution is 7.80. The number of halogens is 1. The van der Waals surface area contributed by atoms with E-state index in [4.69, 9.17) is 28.6 Å². The summed E-state index contributed by atoms with van der Waals surface area (Å²) in [5.41, 5.74) is 1.91. The van der Waals surface area contributed by atoms with E-state index >= 15 is 0 Å². The van der Waals surface area contributed by atoms with Gasteiger partial charge in [-0.2, -0.15) is 0 Å². The number of nitrogens with one attached hydrogen (secondary N) is 2. The number of rotatable bonds is 7. The summed E-state index contributed by atoms with van der Waals surface area (Å²) < 4.78 is 4.91. The Hall–Kier alpha value is -2.16. The van der Waals surface area contributed by atoms with Crippen molar-refractivity contribution in [2.45, 2.75) is 27.3 Å². The number of thiocarbonyl (C=S) groups is 1. The fourth-order valence-electron chi connectivity index (χ4n) is 2.74. The van der Waals surface area contributed by atoms with E-state index in [-0.39, 0.29) is 5.91 Å². The Morgan fingerprint density at radius 2 is 1.83 bits per heavy atom. The molecule has 1 amide bonds. The van der Waals surface area contributed by atoms with Crippen molar-refractivity contribution in [3.8, 4) is 0 Å². The van der Waals surface area contributed by atoms with Crippen LogP contribution in [0.4, 0.5) is 5.00 Å². The van der Waals surface area contributed by atoms with Gasteiger partial charge in [-0.25, -0.2) is 4.79 Å². The quantitative estimate of drug-likeness (QED) is 0.476. The summed E-state index contributed by atoms with van der Waals surface area (Å²) in [5, 5.41) is 7.62. The lowest BCUT2D eigenvalue weighted by molar-refractivity contribution is 0.0601. The van der Waals surface area contributed by atoms with Gasteiger partial charge in [0.1, 0.15) is 5.00 Å². The summed E-state index contributed by atoms with van der Waals surface area (Å²) in [7, 11) is 1.31. The van der Waals surface area contributed by atoms with Crippen LogP contribution in [-0.2, 0) is 11.3 Å². The largest absolute Gasteiger partial charge is 0.465 e. The Kier molecular flexibility index (Phi) is 8.43. The summed E-state index contributed by atoms with van der Waals surface area (Å²) in [6.45, 7) is 7.25. The smallest absolute Gasteiger partial charge is 0.341 e. The van der Waals surface area contributed by atoms with Crippen LogP contribution >= 0.6 is 35.2 Å². The minimum Gasteiger partial charge on any atom is -0.465 e. The third-order valence-corrected chi connectivity index (χ3v) is 6.07. The number of carbonyl (C=O) groups is 2. The summed E-state index contributed by atoms with van der Waals surface area (Å²) in [4.78, 5) is 27.4. The molecule has 156 valence electrons. The standard InChI is InChI=1S/C20H24ClN3O3S2/c1-5-24(6-2)18(25)16-12(3)15(19(26)27-4)17(29-16)23-20(28)22-11-13-7-9-14(21)10-8-13/h7-10H,5-6,11H2,1-4H3,(H2,22,23,28). The predicted molar refractivity (Wildman–Crippen MR) is 122 cm³/mol. The van der Waals surface area contributed by atoms with Crippen molar-refractivity contribution in [1.82, 2.24) is 10.2 Å². The fraction of sp³-hybridized carbons (Fsp3) is 0.350. The van der Waals surface area contributed by atoms with Gasteiger partial charge in [-0.1, -0.05) is 23.7 Å². The van der Waals surface area contributed by atoms with E-state index in [2.05, 4.69) is 10.6 Å². The molecule has 6 nitrogen and oxygen atoms in total. The second-order valence-corrected chi connectivity index (χ2v) is 8.03. The highest BCUT2D eigenvalue weighted by atomic mass is 35.5. The lowest BCUT2D eigenvalue weighted by Crippen LogP contribution is -2.30. The third-order valence-electron chi connectivity index (χ3n) is 4.37. The molecule has 29 heavy (non-hydrogen) atoms. The molecule has 0 aliphatic heterocycles. The summed E-state index contributed by atoms with van der Waals surface area (Å²) >= 11 is 12.5. The predicted octanol–water partition coefficient (Wildman–Crippen LogP) is 4.47. The maximum Gasteiger partial charge on any atom is 0.341 e. The molecule has 1 aromatic heterocycles. The zero-order valence-corrected chi connectivity index (χ0v) is 19.2. The van der Waals surface area contributed by atoms with E-state index in [1.807, 2.05) is 26.0 Å². The van der Waals surface area contributed by atoms with Crippen molar-refractivity contribution in [1.29, 1.82) is 0 Å². The lowest BCUT2D eigenvalue weighted by atomic mass is 10.1. The lowest BCUT2D eigenvalue weighted by Gasteiger charge is -2.17. The molecule has 0 spiro atoms. The topological polar surface area (TPSA) is 70.7 Å². The van der Waals surface area contributed by atoms with Gasteiger partial charge >= 0.3 is 5.97 Å². The second kappa shape index (κ2) is 10.6. The normalized spacial score (nSPS) is 10.4. The van der Waals surface area contributed by atoms with Crippen LogP contribution in [0.1, 0.15) is 45.0 Å². The van der Waals surface area contributed by atoms with Crippen LogP contribution in [0.5, 0.6) is 0 Å². The van der Waals surface area contributed by atoms with Gasteiger partial charge < -0.3 is 20.3 Å². The van der Waals surface area contributed by atoms with E-state index in [1.54, 1.807) is 24.0 Å². The van der Waals surface area contributed by atoms with Gasteiger partial charge in [-0.15, -0.1) is 11.3 Å². The van der Waals surface area contributed by atoms with E-state index in [1.165, 1.54) is 18.4 Å². The number of amides is 1. The molecular weight excluding hydrogens is 430 g/mol. The number of anilines is 1. The van der Waals surface area contributed by atoms with Crippen molar-refractivity contribution in [3.05, 3.63) is 50.9 Å². The number of nitrogens with zero attached hydrogens (tertiary/aromatic N) is 1. The van der Waals surface area contributed by atoms with E-state index in [9.17, 15) is 9.59 Å². The molecule has 0 saturated heterocycles. The maximum atomic E-state index is 12.8. The van der Waals surface area contributed by atoms with Crippen LogP contribution in [0, 0.1) is 6.92 Å². The van der Waals surface area contributed by atoms with Crippen molar-refractivity contribution in [2.24, 2.45) is 0 Å². The molecule has 1 heterocycles. The molecule has 9 heteroatoms. The SMILES string of the molecule is CCN(CC)C(=O)c1sc(NC(=S)NCc2ccc(Cl)cc2)c(C(=O)OC)c1C. The first-order valence-corrected chi connectivity index (χ1v) is 10.7. The number of hydrogen-bond donors (Lipinski definition) is 2. The minimum atomic E-state index is -0.514. The number of thiophene rings is 1. The first-order chi connectivity index (χ1) is 13.8. The van der Waals surface area contributed by atoms with Crippen LogP contribution in [-0.4, -0.2) is 42.1 Å².